The van der Waals surface area contributed by atoms with Gasteiger partial charge in [-0.3, -0.25) is 19.3 Å². The number of carbonyl (C=O) groups excluding carboxylic acids is 4. The van der Waals surface area contributed by atoms with Crippen LogP contribution in [-0.4, -0.2) is 125 Å². The molecule has 12 nitrogen and oxygen atoms in total. The summed E-state index contributed by atoms with van der Waals surface area (Å²) in [5.41, 5.74) is 5.85. The van der Waals surface area contributed by atoms with Crippen molar-refractivity contribution in [3.05, 3.63) is 83.1 Å². The van der Waals surface area contributed by atoms with Gasteiger partial charge in [0.15, 0.2) is 12.5 Å². The van der Waals surface area contributed by atoms with Crippen LogP contribution in [0.5, 0.6) is 0 Å². The van der Waals surface area contributed by atoms with Gasteiger partial charge in [-0.15, -0.1) is 6.58 Å². The third-order valence-electron chi connectivity index (χ3n) is 12.3. The van der Waals surface area contributed by atoms with Crippen LogP contribution in [0.4, 0.5) is 4.79 Å². The van der Waals surface area contributed by atoms with Crippen molar-refractivity contribution in [1.82, 2.24) is 34.7 Å². The van der Waals surface area contributed by atoms with Crippen molar-refractivity contribution in [3.63, 3.8) is 0 Å². The van der Waals surface area contributed by atoms with Crippen LogP contribution in [0.3, 0.4) is 0 Å². The highest BCUT2D eigenvalue weighted by molar-refractivity contribution is 6.04. The number of benzene rings is 2. The smallest absolute Gasteiger partial charge is 0.408 e. The Balaban J connectivity index is 1.03. The van der Waals surface area contributed by atoms with Gasteiger partial charge in [-0.05, 0) is 111 Å². The number of rotatable bonds is 12. The Kier molecular flexibility index (Phi) is 12.7. The molecule has 1 N–H and O–H groups in total. The van der Waals surface area contributed by atoms with Gasteiger partial charge in [0, 0.05) is 70.1 Å². The summed E-state index contributed by atoms with van der Waals surface area (Å²) >= 11 is 0. The van der Waals surface area contributed by atoms with E-state index in [1.807, 2.05) is 41.0 Å². The van der Waals surface area contributed by atoms with Crippen LogP contribution >= 0.6 is 0 Å². The van der Waals surface area contributed by atoms with E-state index in [1.54, 1.807) is 17.0 Å². The van der Waals surface area contributed by atoms with E-state index < -0.39 is 12.0 Å². The van der Waals surface area contributed by atoms with Gasteiger partial charge in [-0.25, -0.2) is 9.48 Å². The monoisotopic (exact) mass is 763 g/mol. The molecule has 3 fully saturated rings. The number of ketones is 1. The van der Waals surface area contributed by atoms with Gasteiger partial charge >= 0.3 is 6.09 Å². The fourth-order valence-electron chi connectivity index (χ4n) is 9.13. The molecule has 1 aromatic heterocycles. The summed E-state index contributed by atoms with van der Waals surface area (Å²) in [4.78, 5) is 62.6. The molecule has 12 heteroatoms. The maximum Gasteiger partial charge on any atom is 0.408 e. The van der Waals surface area contributed by atoms with Crippen molar-refractivity contribution >= 4 is 40.7 Å². The quantitative estimate of drug-likeness (QED) is 0.206. The predicted molar refractivity (Wildman–Crippen MR) is 217 cm³/mol. The number of allylic oxidation sites excluding steroid dienone is 1. The van der Waals surface area contributed by atoms with Crippen molar-refractivity contribution in [1.29, 1.82) is 0 Å². The number of hydrogen-bond acceptors (Lipinski definition) is 8. The van der Waals surface area contributed by atoms with Gasteiger partial charge in [-0.2, -0.15) is 5.10 Å². The summed E-state index contributed by atoms with van der Waals surface area (Å²) in [6, 6.07) is 12.7. The van der Waals surface area contributed by atoms with Crippen molar-refractivity contribution < 1.29 is 23.9 Å². The number of piperazine rings is 1. The number of nitrogens with one attached hydrogen (secondary N) is 1. The van der Waals surface area contributed by atoms with E-state index in [2.05, 4.69) is 52.1 Å². The molecule has 2 aromatic carbocycles. The minimum Gasteiger partial charge on any atom is -0.426 e. The molecule has 3 aliphatic heterocycles. The summed E-state index contributed by atoms with van der Waals surface area (Å²) in [6.07, 6.45) is 10.5. The van der Waals surface area contributed by atoms with Crippen LogP contribution in [0.15, 0.2) is 60.8 Å². The number of aromatic nitrogens is 2. The van der Waals surface area contributed by atoms with Crippen molar-refractivity contribution in [2.75, 3.05) is 66.0 Å². The molecular weight excluding hydrogens is 707 g/mol. The summed E-state index contributed by atoms with van der Waals surface area (Å²) in [5, 5.41) is 8.08. The Morgan fingerprint density at radius 3 is 2.48 bits per heavy atom. The normalized spacial score (nSPS) is 19.4. The molecule has 0 unspecified atom stereocenters. The second-order valence-corrected chi connectivity index (χ2v) is 16.1. The lowest BCUT2D eigenvalue weighted by atomic mass is 9.80. The molecule has 1 atom stereocenters. The lowest BCUT2D eigenvalue weighted by Gasteiger charge is -2.43. The highest BCUT2D eigenvalue weighted by Crippen LogP contribution is 2.33. The van der Waals surface area contributed by atoms with E-state index in [0.717, 1.165) is 90.6 Å². The lowest BCUT2D eigenvalue weighted by Crippen LogP contribution is -2.55. The highest BCUT2D eigenvalue weighted by Gasteiger charge is 2.35. The van der Waals surface area contributed by atoms with E-state index >= 15 is 0 Å². The molecule has 3 aromatic rings. The van der Waals surface area contributed by atoms with Gasteiger partial charge in [0.25, 0.3) is 0 Å². The Labute approximate surface area is 330 Å². The number of likely N-dealkylation sites (tertiary alicyclic amines) is 2. The van der Waals surface area contributed by atoms with Crippen LogP contribution in [0.2, 0.25) is 0 Å². The van der Waals surface area contributed by atoms with Gasteiger partial charge in [0.05, 0.1) is 17.6 Å². The molecule has 1 aliphatic carbocycles. The molecule has 0 saturated carbocycles. The largest absolute Gasteiger partial charge is 0.426 e. The minimum atomic E-state index is -0.516. The van der Waals surface area contributed by atoms with E-state index in [0.29, 0.717) is 58.0 Å². The first kappa shape index (κ1) is 39.4. The second kappa shape index (κ2) is 18.0. The first-order valence-electron chi connectivity index (χ1n) is 20.4. The SMILES string of the molecule is C=CCCNC(=O)OCn1ncc2cc(C[C@@H](CC(=O)N3CCC(C4=Cc5ccccc5CC4=O)CC3)C(=O)N3CCN(C4CCN(C)CC4)CC3)cc(C)c21. The number of hydrogen-bond donors (Lipinski definition) is 1. The molecule has 56 heavy (non-hydrogen) atoms. The number of amides is 3. The van der Waals surface area contributed by atoms with Crippen molar-refractivity contribution in [2.45, 2.75) is 71.1 Å². The Hall–Kier alpha value is -4.81. The average Bonchev–Trinajstić information content (AvgIpc) is 3.63. The summed E-state index contributed by atoms with van der Waals surface area (Å²) in [6.45, 7) is 12.5. The number of fused-ring (bicyclic) bond motifs is 2. The first-order valence-corrected chi connectivity index (χ1v) is 20.4. The molecule has 3 saturated heterocycles. The third-order valence-corrected chi connectivity index (χ3v) is 12.3. The maximum absolute atomic E-state index is 14.4. The molecule has 0 spiro atoms. The highest BCUT2D eigenvalue weighted by atomic mass is 16.6. The van der Waals surface area contributed by atoms with Crippen LogP contribution in [0, 0.1) is 18.8 Å². The Morgan fingerprint density at radius 2 is 1.73 bits per heavy atom. The van der Waals surface area contributed by atoms with Crippen LogP contribution in [0.1, 0.15) is 60.8 Å². The zero-order valence-corrected chi connectivity index (χ0v) is 33.1. The van der Waals surface area contributed by atoms with Gasteiger partial charge in [-0.1, -0.05) is 36.4 Å². The molecule has 4 aliphatic rings. The van der Waals surface area contributed by atoms with E-state index in [9.17, 15) is 19.2 Å². The number of ether oxygens (including phenoxy) is 1. The summed E-state index contributed by atoms with van der Waals surface area (Å²) in [5.74, 6) is -0.160. The average molecular weight is 764 g/mol. The van der Waals surface area contributed by atoms with Gasteiger partial charge < -0.3 is 24.8 Å². The molecule has 4 heterocycles. The number of aryl methyl sites for hydroxylation is 1. The molecular formula is C44H57N7O5. The number of piperidine rings is 2. The fraction of sp³-hybridized carbons (Fsp3) is 0.523. The minimum absolute atomic E-state index is 0.00445. The fourth-order valence-corrected chi connectivity index (χ4v) is 9.13. The summed E-state index contributed by atoms with van der Waals surface area (Å²) < 4.78 is 7.06. The van der Waals surface area contributed by atoms with Gasteiger partial charge in [0.1, 0.15) is 0 Å². The zero-order valence-electron chi connectivity index (χ0n) is 33.1. The summed E-state index contributed by atoms with van der Waals surface area (Å²) in [7, 11) is 2.18. The van der Waals surface area contributed by atoms with E-state index in [-0.39, 0.29) is 36.7 Å². The number of alkyl carbamates (subject to hydrolysis) is 1. The topological polar surface area (TPSA) is 120 Å². The third kappa shape index (κ3) is 9.24. The molecule has 0 radical (unpaired) electrons. The van der Waals surface area contributed by atoms with Crippen molar-refractivity contribution in [3.8, 4) is 0 Å². The first-order chi connectivity index (χ1) is 27.2. The van der Waals surface area contributed by atoms with E-state index in [1.165, 1.54) is 0 Å². The van der Waals surface area contributed by atoms with Crippen LogP contribution in [0.25, 0.3) is 17.0 Å². The van der Waals surface area contributed by atoms with Crippen LogP contribution < -0.4 is 5.32 Å². The van der Waals surface area contributed by atoms with Crippen LogP contribution in [-0.2, 0) is 38.7 Å². The second-order valence-electron chi connectivity index (χ2n) is 16.1. The Bertz CT molecular complexity index is 1950. The van der Waals surface area contributed by atoms with E-state index in [4.69, 9.17) is 4.74 Å². The number of carbonyl (C=O) groups is 4. The molecule has 3 amide bonds. The van der Waals surface area contributed by atoms with Crippen molar-refractivity contribution in [2.24, 2.45) is 11.8 Å². The number of Topliss-reactive ketones (excluding diaryl/α,β-unsaturated/α-hetero) is 1. The molecule has 7 rings (SSSR count). The standard InChI is InChI=1S/C44H57N7O5/c1-4-5-14-45-44(55)56-30-51-42-31(2)23-32(25-37(42)29-46-51)24-36(43(54)50-21-19-48(20-22-50)38-12-15-47(3)16-13-38)28-41(53)49-17-10-33(11-18-49)39-26-34-8-6-7-9-35(34)27-40(39)52/h4,6-9,23,25-26,29,33,36,38H,1,5,10-22,24,27-28,30H2,2-3H3,(H,45,55)/t36-/m0/s1. The molecule has 298 valence electrons. The Morgan fingerprint density at radius 1 is 0.982 bits per heavy atom. The lowest BCUT2D eigenvalue weighted by molar-refractivity contribution is -0.143. The van der Waals surface area contributed by atoms with Gasteiger partial charge in [0.2, 0.25) is 11.8 Å². The maximum atomic E-state index is 14.4. The zero-order chi connectivity index (χ0) is 39.2. The predicted octanol–water partition coefficient (Wildman–Crippen LogP) is 4.84. The number of nitrogens with zero attached hydrogens (tertiary/aromatic N) is 6. The molecule has 0 bridgehead atoms.